The van der Waals surface area contributed by atoms with Crippen LogP contribution in [0.25, 0.3) is 22.6 Å². The highest BCUT2D eigenvalue weighted by Gasteiger charge is 2.26. The van der Waals surface area contributed by atoms with Gasteiger partial charge in [0.15, 0.2) is 23.1 Å². The Morgan fingerprint density at radius 3 is 2.59 bits per heavy atom. The number of halogens is 2. The summed E-state index contributed by atoms with van der Waals surface area (Å²) in [4.78, 5) is 13.8. The van der Waals surface area contributed by atoms with Crippen molar-refractivity contribution in [3.05, 3.63) is 109 Å². The number of allylic oxidation sites excluding steroid dienone is 1. The van der Waals surface area contributed by atoms with Crippen molar-refractivity contribution in [1.29, 1.82) is 0 Å². The maximum Gasteiger partial charge on any atom is 0.180 e. The fourth-order valence-electron chi connectivity index (χ4n) is 6.28. The van der Waals surface area contributed by atoms with Gasteiger partial charge in [-0.2, -0.15) is 0 Å². The summed E-state index contributed by atoms with van der Waals surface area (Å²) in [7, 11) is 0. The number of imidazole rings is 1. The molecule has 4 aromatic rings. The average Bonchev–Trinajstić information content (AvgIpc) is 3.73. The maximum atomic E-state index is 15.1. The minimum Gasteiger partial charge on any atom is -0.371 e. The quantitative estimate of drug-likeness (QED) is 0.203. The van der Waals surface area contributed by atoms with Gasteiger partial charge in [0.2, 0.25) is 0 Å². The van der Waals surface area contributed by atoms with Gasteiger partial charge in [-0.15, -0.1) is 6.58 Å². The number of benzene rings is 2. The summed E-state index contributed by atoms with van der Waals surface area (Å²) >= 11 is 0. The minimum atomic E-state index is -0.886. The Bertz CT molecular complexity index is 1710. The SMILES string of the molecule is C=CCCc1ccc(-c2cnc3c(Nc4ccc(C(=C)N5CCN(C(=C)C6CCNC6)CC5)c(C)c4)nccn23)c(F)c1F. The summed E-state index contributed by atoms with van der Waals surface area (Å²) in [5.41, 5.74) is 6.75. The van der Waals surface area contributed by atoms with Crippen molar-refractivity contribution in [2.75, 3.05) is 44.6 Å². The van der Waals surface area contributed by atoms with Crippen molar-refractivity contribution >= 4 is 22.8 Å². The van der Waals surface area contributed by atoms with Gasteiger partial charge in [0, 0.05) is 79.2 Å². The van der Waals surface area contributed by atoms with Crippen molar-refractivity contribution in [2.45, 2.75) is 26.2 Å². The molecule has 2 aliphatic rings. The Morgan fingerprint density at radius 1 is 1.07 bits per heavy atom. The van der Waals surface area contributed by atoms with Crippen LogP contribution < -0.4 is 10.6 Å². The van der Waals surface area contributed by atoms with Crippen molar-refractivity contribution in [2.24, 2.45) is 5.92 Å². The van der Waals surface area contributed by atoms with Gasteiger partial charge in [-0.25, -0.2) is 18.7 Å². The zero-order valence-electron chi connectivity index (χ0n) is 25.3. The van der Waals surface area contributed by atoms with Crippen LogP contribution in [0.4, 0.5) is 20.3 Å². The van der Waals surface area contributed by atoms with Gasteiger partial charge in [0.1, 0.15) is 0 Å². The van der Waals surface area contributed by atoms with E-state index in [1.54, 1.807) is 41.2 Å². The average molecular weight is 596 g/mol. The zero-order valence-corrected chi connectivity index (χ0v) is 25.3. The van der Waals surface area contributed by atoms with Gasteiger partial charge in [-0.1, -0.05) is 31.4 Å². The summed E-state index contributed by atoms with van der Waals surface area (Å²) in [5.74, 6) is -0.660. The molecule has 0 radical (unpaired) electrons. The second kappa shape index (κ2) is 12.6. The lowest BCUT2D eigenvalue weighted by atomic mass is 10.0. The second-order valence-electron chi connectivity index (χ2n) is 11.6. The Balaban J connectivity index is 1.16. The molecule has 2 N–H and O–H groups in total. The van der Waals surface area contributed by atoms with E-state index in [0.717, 1.165) is 61.8 Å². The molecular weight excluding hydrogens is 556 g/mol. The number of rotatable bonds is 10. The standard InChI is InChI=1S/C35H39F2N7/c1-5-6-7-26-8-10-30(33(37)32(26)36)31-22-40-35-34(39-14-15-44(31)35)41-28-9-11-29(23(2)20-28)25(4)43-18-16-42(17-19-43)24(3)27-12-13-38-21-27/h5,8-11,14-15,20,22,27,38H,1,3-4,6-7,12-13,16-19,21H2,2H3,(H,39,41). The Kier molecular flexibility index (Phi) is 8.48. The first-order valence-electron chi connectivity index (χ1n) is 15.2. The molecule has 2 aromatic carbocycles. The maximum absolute atomic E-state index is 15.1. The number of nitrogens with zero attached hydrogens (tertiary/aromatic N) is 5. The second-order valence-corrected chi connectivity index (χ2v) is 11.6. The largest absolute Gasteiger partial charge is 0.371 e. The van der Waals surface area contributed by atoms with E-state index >= 15 is 4.39 Å². The van der Waals surface area contributed by atoms with Crippen LogP contribution in [0.1, 0.15) is 29.5 Å². The number of piperazine rings is 1. The molecule has 7 nitrogen and oxygen atoms in total. The van der Waals surface area contributed by atoms with Gasteiger partial charge in [-0.3, -0.25) is 4.40 Å². The van der Waals surface area contributed by atoms with Gasteiger partial charge in [-0.05, 0) is 62.1 Å². The van der Waals surface area contributed by atoms with Crippen molar-refractivity contribution in [3.63, 3.8) is 0 Å². The van der Waals surface area contributed by atoms with Crippen LogP contribution >= 0.6 is 0 Å². The molecule has 4 heterocycles. The van der Waals surface area contributed by atoms with Crippen LogP contribution in [0.5, 0.6) is 0 Å². The molecule has 2 fully saturated rings. The summed E-state index contributed by atoms with van der Waals surface area (Å²) < 4.78 is 31.7. The predicted molar refractivity (Wildman–Crippen MR) is 174 cm³/mol. The highest BCUT2D eigenvalue weighted by Crippen LogP contribution is 2.31. The number of aryl methyl sites for hydroxylation is 2. The van der Waals surface area contributed by atoms with Crippen LogP contribution in [-0.4, -0.2) is 63.4 Å². The first-order valence-corrected chi connectivity index (χ1v) is 15.2. The van der Waals surface area contributed by atoms with E-state index in [-0.39, 0.29) is 5.56 Å². The van der Waals surface area contributed by atoms with Crippen molar-refractivity contribution in [3.8, 4) is 11.3 Å². The molecule has 9 heteroatoms. The first kappa shape index (κ1) is 29.6. The molecule has 0 bridgehead atoms. The first-order chi connectivity index (χ1) is 21.4. The number of fused-ring (bicyclic) bond motifs is 1. The molecule has 0 spiro atoms. The van der Waals surface area contributed by atoms with Crippen molar-refractivity contribution < 1.29 is 8.78 Å². The highest BCUT2D eigenvalue weighted by atomic mass is 19.2. The van der Waals surface area contributed by atoms with E-state index in [2.05, 4.69) is 69.2 Å². The van der Waals surface area contributed by atoms with E-state index in [4.69, 9.17) is 0 Å². The summed E-state index contributed by atoms with van der Waals surface area (Å²) in [6, 6.07) is 9.38. The molecule has 2 saturated heterocycles. The Labute approximate surface area is 257 Å². The van der Waals surface area contributed by atoms with Crippen LogP contribution in [-0.2, 0) is 6.42 Å². The highest BCUT2D eigenvalue weighted by molar-refractivity contribution is 5.76. The molecule has 1 atom stereocenters. The number of hydrogen-bond acceptors (Lipinski definition) is 6. The molecular formula is C35H39F2N7. The smallest absolute Gasteiger partial charge is 0.180 e. The van der Waals surface area contributed by atoms with Crippen LogP contribution in [0, 0.1) is 24.5 Å². The lowest BCUT2D eigenvalue weighted by Crippen LogP contribution is -2.45. The van der Waals surface area contributed by atoms with E-state index < -0.39 is 11.6 Å². The van der Waals surface area contributed by atoms with Gasteiger partial charge in [0.25, 0.3) is 0 Å². The van der Waals surface area contributed by atoms with E-state index in [1.165, 1.54) is 12.1 Å². The Morgan fingerprint density at radius 2 is 1.86 bits per heavy atom. The van der Waals surface area contributed by atoms with Gasteiger partial charge < -0.3 is 20.4 Å². The molecule has 0 aliphatic carbocycles. The molecule has 1 unspecified atom stereocenters. The number of nitrogens with one attached hydrogen (secondary N) is 2. The third kappa shape index (κ3) is 5.71. The molecule has 44 heavy (non-hydrogen) atoms. The molecule has 2 aliphatic heterocycles. The van der Waals surface area contributed by atoms with Gasteiger partial charge in [0.05, 0.1) is 11.9 Å². The normalized spacial score (nSPS) is 16.8. The van der Waals surface area contributed by atoms with Gasteiger partial charge >= 0.3 is 0 Å². The summed E-state index contributed by atoms with van der Waals surface area (Å²) in [6.07, 6.45) is 8.69. The zero-order chi connectivity index (χ0) is 30.8. The number of aromatic nitrogens is 3. The van der Waals surface area contributed by atoms with E-state index in [0.29, 0.717) is 41.5 Å². The molecule has 228 valence electrons. The summed E-state index contributed by atoms with van der Waals surface area (Å²) in [6.45, 7) is 20.4. The number of anilines is 2. The molecule has 0 amide bonds. The van der Waals surface area contributed by atoms with E-state index in [9.17, 15) is 4.39 Å². The van der Waals surface area contributed by atoms with E-state index in [1.807, 2.05) is 6.07 Å². The number of hydrogen-bond donors (Lipinski definition) is 2. The van der Waals surface area contributed by atoms with Crippen molar-refractivity contribution in [1.82, 2.24) is 29.5 Å². The summed E-state index contributed by atoms with van der Waals surface area (Å²) in [5, 5.41) is 6.80. The lowest BCUT2D eigenvalue weighted by Gasteiger charge is -2.40. The molecule has 0 saturated carbocycles. The third-order valence-electron chi connectivity index (χ3n) is 8.88. The predicted octanol–water partition coefficient (Wildman–Crippen LogP) is 6.56. The molecule has 6 rings (SSSR count). The molecule has 2 aromatic heterocycles. The lowest BCUT2D eigenvalue weighted by molar-refractivity contribution is 0.199. The topological polar surface area (TPSA) is 60.7 Å². The fraction of sp³-hybridized carbons (Fsp3) is 0.314. The third-order valence-corrected chi connectivity index (χ3v) is 8.88. The fourth-order valence-corrected chi connectivity index (χ4v) is 6.28. The monoisotopic (exact) mass is 595 g/mol. The van der Waals surface area contributed by atoms with Crippen LogP contribution in [0.15, 0.2) is 80.4 Å². The Hall–Kier alpha value is -4.50. The van der Waals surface area contributed by atoms with Crippen LogP contribution in [0.2, 0.25) is 0 Å². The van der Waals surface area contributed by atoms with Crippen LogP contribution in [0.3, 0.4) is 0 Å². The minimum absolute atomic E-state index is 0.147.